The van der Waals surface area contributed by atoms with Crippen LogP contribution in [0.1, 0.15) is 23.6 Å². The summed E-state index contributed by atoms with van der Waals surface area (Å²) in [5, 5.41) is 3.39. The minimum Gasteiger partial charge on any atom is -0.469 e. The highest BCUT2D eigenvalue weighted by Gasteiger charge is 2.13. The van der Waals surface area contributed by atoms with E-state index in [1.54, 1.807) is 12.4 Å². The van der Waals surface area contributed by atoms with E-state index in [-0.39, 0.29) is 12.0 Å². The number of nitrogens with one attached hydrogen (secondary N) is 1. The van der Waals surface area contributed by atoms with Gasteiger partial charge in [-0.1, -0.05) is 30.3 Å². The number of carbonyl (C=O) groups excluding carboxylic acids is 1. The molecule has 0 spiro atoms. The molecular formula is C16H18N2O2. The Bertz CT molecular complexity index is 489. The Morgan fingerprint density at radius 1 is 1.15 bits per heavy atom. The normalized spacial score (nSPS) is 11.8. The largest absolute Gasteiger partial charge is 0.469 e. The van der Waals surface area contributed by atoms with Crippen molar-refractivity contribution in [2.24, 2.45) is 0 Å². The molecule has 104 valence electrons. The van der Waals surface area contributed by atoms with Crippen LogP contribution < -0.4 is 5.32 Å². The Hall–Kier alpha value is -2.20. The first-order valence-electron chi connectivity index (χ1n) is 6.56. The molecule has 1 N–H and O–H groups in total. The maximum absolute atomic E-state index is 11.2. The summed E-state index contributed by atoms with van der Waals surface area (Å²) in [5.74, 6) is -0.209. The fourth-order valence-electron chi connectivity index (χ4n) is 2.05. The van der Waals surface area contributed by atoms with Crippen LogP contribution >= 0.6 is 0 Å². The monoisotopic (exact) mass is 270 g/mol. The second-order valence-corrected chi connectivity index (χ2v) is 4.40. The molecule has 0 radical (unpaired) electrons. The van der Waals surface area contributed by atoms with E-state index in [4.69, 9.17) is 0 Å². The van der Waals surface area contributed by atoms with Crippen molar-refractivity contribution in [1.82, 2.24) is 10.3 Å². The summed E-state index contributed by atoms with van der Waals surface area (Å²) in [6, 6.07) is 14.1. The lowest BCUT2D eigenvalue weighted by Crippen LogP contribution is -2.25. The Morgan fingerprint density at radius 3 is 2.45 bits per heavy atom. The number of carbonyl (C=O) groups is 1. The van der Waals surface area contributed by atoms with Crippen LogP contribution in [0, 0.1) is 0 Å². The van der Waals surface area contributed by atoms with Gasteiger partial charge in [0.2, 0.25) is 0 Å². The number of hydrogen-bond acceptors (Lipinski definition) is 4. The van der Waals surface area contributed by atoms with E-state index in [2.05, 4.69) is 27.2 Å². The van der Waals surface area contributed by atoms with Crippen LogP contribution in [0.15, 0.2) is 54.9 Å². The maximum Gasteiger partial charge on any atom is 0.306 e. The number of hydrogen-bond donors (Lipinski definition) is 1. The molecule has 4 heteroatoms. The van der Waals surface area contributed by atoms with Crippen molar-refractivity contribution in [1.29, 1.82) is 0 Å². The van der Waals surface area contributed by atoms with Gasteiger partial charge in [0.25, 0.3) is 0 Å². The number of pyridine rings is 1. The summed E-state index contributed by atoms with van der Waals surface area (Å²) in [5.41, 5.74) is 2.28. The molecule has 1 aromatic carbocycles. The third kappa shape index (κ3) is 3.90. The third-order valence-electron chi connectivity index (χ3n) is 3.08. The maximum atomic E-state index is 11.2. The zero-order valence-corrected chi connectivity index (χ0v) is 11.5. The number of methoxy groups -OCH3 is 1. The molecule has 1 aromatic heterocycles. The minimum atomic E-state index is -0.209. The lowest BCUT2D eigenvalue weighted by Gasteiger charge is -2.19. The summed E-state index contributed by atoms with van der Waals surface area (Å²) in [6.45, 7) is 0.564. The average molecular weight is 270 g/mol. The molecule has 0 saturated carbocycles. The van der Waals surface area contributed by atoms with Crippen molar-refractivity contribution in [3.63, 3.8) is 0 Å². The van der Waals surface area contributed by atoms with Gasteiger partial charge in [0.15, 0.2) is 0 Å². The number of rotatable bonds is 6. The molecule has 0 saturated heterocycles. The van der Waals surface area contributed by atoms with E-state index >= 15 is 0 Å². The van der Waals surface area contributed by atoms with Gasteiger partial charge in [-0.25, -0.2) is 0 Å². The van der Waals surface area contributed by atoms with E-state index in [1.807, 2.05) is 30.3 Å². The molecule has 2 rings (SSSR count). The lowest BCUT2D eigenvalue weighted by molar-refractivity contribution is -0.140. The quantitative estimate of drug-likeness (QED) is 0.818. The predicted molar refractivity (Wildman–Crippen MR) is 77.2 cm³/mol. The van der Waals surface area contributed by atoms with Crippen molar-refractivity contribution in [3.8, 4) is 0 Å². The average Bonchev–Trinajstić information content (AvgIpc) is 2.53. The predicted octanol–water partition coefficient (Wildman–Crippen LogP) is 2.32. The Labute approximate surface area is 118 Å². The van der Waals surface area contributed by atoms with Crippen LogP contribution in [0.2, 0.25) is 0 Å². The van der Waals surface area contributed by atoms with Crippen LogP contribution in [-0.2, 0) is 9.53 Å². The Balaban J connectivity index is 2.11. The fraction of sp³-hybridized carbons (Fsp3) is 0.250. The first-order valence-corrected chi connectivity index (χ1v) is 6.56. The van der Waals surface area contributed by atoms with Crippen molar-refractivity contribution in [2.75, 3.05) is 13.7 Å². The van der Waals surface area contributed by atoms with Gasteiger partial charge in [0, 0.05) is 18.9 Å². The summed E-state index contributed by atoms with van der Waals surface area (Å²) < 4.78 is 4.65. The fourth-order valence-corrected chi connectivity index (χ4v) is 2.05. The van der Waals surface area contributed by atoms with Crippen LogP contribution in [0.5, 0.6) is 0 Å². The standard InChI is InChI=1S/C16H18N2O2/c1-20-15(19)9-12-18-16(13-5-3-2-4-6-13)14-7-10-17-11-8-14/h2-8,10-11,16,18H,9,12H2,1H3. The summed E-state index contributed by atoms with van der Waals surface area (Å²) >= 11 is 0. The Morgan fingerprint density at radius 2 is 1.80 bits per heavy atom. The first-order chi connectivity index (χ1) is 9.81. The summed E-state index contributed by atoms with van der Waals surface area (Å²) in [7, 11) is 1.40. The molecule has 20 heavy (non-hydrogen) atoms. The molecule has 0 aliphatic rings. The van der Waals surface area contributed by atoms with E-state index in [0.717, 1.165) is 11.1 Å². The molecule has 2 aromatic rings. The minimum absolute atomic E-state index is 0.0452. The van der Waals surface area contributed by atoms with E-state index in [9.17, 15) is 4.79 Å². The van der Waals surface area contributed by atoms with Crippen molar-refractivity contribution in [2.45, 2.75) is 12.5 Å². The van der Waals surface area contributed by atoms with Crippen molar-refractivity contribution in [3.05, 3.63) is 66.0 Å². The van der Waals surface area contributed by atoms with Gasteiger partial charge < -0.3 is 10.1 Å². The smallest absolute Gasteiger partial charge is 0.306 e. The van der Waals surface area contributed by atoms with Crippen LogP contribution in [0.25, 0.3) is 0 Å². The zero-order chi connectivity index (χ0) is 14.2. The molecule has 1 heterocycles. The topological polar surface area (TPSA) is 51.2 Å². The SMILES string of the molecule is COC(=O)CCNC(c1ccccc1)c1ccncc1. The first kappa shape index (κ1) is 14.2. The lowest BCUT2D eigenvalue weighted by atomic mass is 9.99. The molecule has 1 atom stereocenters. The highest BCUT2D eigenvalue weighted by molar-refractivity contribution is 5.69. The highest BCUT2D eigenvalue weighted by atomic mass is 16.5. The molecule has 0 fully saturated rings. The zero-order valence-electron chi connectivity index (χ0n) is 11.5. The molecule has 0 aliphatic carbocycles. The molecule has 0 bridgehead atoms. The van der Waals surface area contributed by atoms with Gasteiger partial charge in [-0.2, -0.15) is 0 Å². The van der Waals surface area contributed by atoms with Crippen LogP contribution in [-0.4, -0.2) is 24.6 Å². The number of aromatic nitrogens is 1. The number of ether oxygens (including phenoxy) is 1. The summed E-state index contributed by atoms with van der Waals surface area (Å²) in [6.07, 6.45) is 3.89. The molecule has 0 amide bonds. The van der Waals surface area contributed by atoms with E-state index in [0.29, 0.717) is 13.0 Å². The number of nitrogens with zero attached hydrogens (tertiary/aromatic N) is 1. The number of benzene rings is 1. The van der Waals surface area contributed by atoms with Gasteiger partial charge in [-0.15, -0.1) is 0 Å². The van der Waals surface area contributed by atoms with Crippen LogP contribution in [0.4, 0.5) is 0 Å². The van der Waals surface area contributed by atoms with Gasteiger partial charge in [0.1, 0.15) is 0 Å². The second-order valence-electron chi connectivity index (χ2n) is 4.40. The van der Waals surface area contributed by atoms with E-state index in [1.165, 1.54) is 7.11 Å². The molecule has 1 unspecified atom stereocenters. The molecular weight excluding hydrogens is 252 g/mol. The van der Waals surface area contributed by atoms with Gasteiger partial charge >= 0.3 is 5.97 Å². The molecule has 0 aliphatic heterocycles. The number of esters is 1. The third-order valence-corrected chi connectivity index (χ3v) is 3.08. The van der Waals surface area contributed by atoms with E-state index < -0.39 is 0 Å². The highest BCUT2D eigenvalue weighted by Crippen LogP contribution is 2.21. The van der Waals surface area contributed by atoms with Gasteiger partial charge in [-0.3, -0.25) is 9.78 Å². The summed E-state index contributed by atoms with van der Waals surface area (Å²) in [4.78, 5) is 15.2. The van der Waals surface area contributed by atoms with Gasteiger partial charge in [0.05, 0.1) is 19.6 Å². The second kappa shape index (κ2) is 7.40. The Kier molecular flexibility index (Phi) is 5.26. The molecule has 4 nitrogen and oxygen atoms in total. The van der Waals surface area contributed by atoms with Crippen molar-refractivity contribution < 1.29 is 9.53 Å². The van der Waals surface area contributed by atoms with Crippen LogP contribution in [0.3, 0.4) is 0 Å². The van der Waals surface area contributed by atoms with Gasteiger partial charge in [-0.05, 0) is 23.3 Å². The van der Waals surface area contributed by atoms with Crippen molar-refractivity contribution >= 4 is 5.97 Å².